The number of amides is 1. The number of benzene rings is 2. The number of rotatable bonds is 5. The summed E-state index contributed by atoms with van der Waals surface area (Å²) in [6.07, 6.45) is 0. The van der Waals surface area contributed by atoms with Crippen LogP contribution in [0.5, 0.6) is 0 Å². The molecule has 1 N–H and O–H groups in total. The molecule has 2 aromatic carbocycles. The number of aryl methyl sites for hydroxylation is 1. The third kappa shape index (κ3) is 4.54. The molecule has 2 heterocycles. The van der Waals surface area contributed by atoms with E-state index in [1.165, 1.54) is 41.1 Å². The zero-order valence-electron chi connectivity index (χ0n) is 17.3. The number of anilines is 2. The Morgan fingerprint density at radius 1 is 1.00 bits per heavy atom. The van der Waals surface area contributed by atoms with E-state index >= 15 is 0 Å². The molecule has 0 unspecified atom stereocenters. The molecule has 3 aromatic rings. The summed E-state index contributed by atoms with van der Waals surface area (Å²) < 4.78 is 18.7. The van der Waals surface area contributed by atoms with Crippen LogP contribution in [0.25, 0.3) is 0 Å². The Hall–Kier alpha value is -3.12. The average Bonchev–Trinajstić information content (AvgIpc) is 3.21. The van der Waals surface area contributed by atoms with E-state index in [9.17, 15) is 9.18 Å². The Morgan fingerprint density at radius 3 is 2.47 bits per heavy atom. The Bertz CT molecular complexity index is 1020. The summed E-state index contributed by atoms with van der Waals surface area (Å²) in [5, 5.41) is 2.72. The molecule has 4 rings (SSSR count). The molecule has 1 aromatic heterocycles. The van der Waals surface area contributed by atoms with Crippen LogP contribution in [-0.4, -0.2) is 37.0 Å². The molecule has 0 spiro atoms. The second-order valence-corrected chi connectivity index (χ2v) is 7.71. The third-order valence-corrected chi connectivity index (χ3v) is 5.66. The average molecular weight is 407 g/mol. The first kappa shape index (κ1) is 20.2. The largest absolute Gasteiger partial charge is 0.455 e. The standard InChI is InChI=1S/C24H26FN3O2/c1-17-4-3-5-22(18(17)2)28-14-12-27(13-15-28)16-21-10-11-23(30-21)24(29)26-20-8-6-19(25)7-9-20/h3-11H,12-16H2,1-2H3,(H,26,29). The fourth-order valence-electron chi connectivity index (χ4n) is 3.76. The highest BCUT2D eigenvalue weighted by molar-refractivity contribution is 6.02. The normalized spacial score (nSPS) is 14.7. The minimum absolute atomic E-state index is 0.253. The first-order chi connectivity index (χ1) is 14.5. The van der Waals surface area contributed by atoms with E-state index in [4.69, 9.17) is 4.42 Å². The number of carbonyl (C=O) groups is 1. The molecule has 0 aliphatic carbocycles. The van der Waals surface area contributed by atoms with Crippen LogP contribution in [0.2, 0.25) is 0 Å². The molecule has 1 amide bonds. The van der Waals surface area contributed by atoms with Gasteiger partial charge in [-0.3, -0.25) is 9.69 Å². The predicted molar refractivity (Wildman–Crippen MR) is 116 cm³/mol. The topological polar surface area (TPSA) is 48.7 Å². The lowest BCUT2D eigenvalue weighted by atomic mass is 10.1. The van der Waals surface area contributed by atoms with Crippen LogP contribution in [0.4, 0.5) is 15.8 Å². The number of nitrogens with zero attached hydrogens (tertiary/aromatic N) is 2. The summed E-state index contributed by atoms with van der Waals surface area (Å²) >= 11 is 0. The molecular formula is C24H26FN3O2. The van der Waals surface area contributed by atoms with E-state index in [1.54, 1.807) is 6.07 Å². The van der Waals surface area contributed by atoms with Crippen LogP contribution in [0, 0.1) is 19.7 Å². The van der Waals surface area contributed by atoms with Gasteiger partial charge in [0.2, 0.25) is 0 Å². The molecule has 0 bridgehead atoms. The maximum atomic E-state index is 13.0. The SMILES string of the molecule is Cc1cccc(N2CCN(Cc3ccc(C(=O)Nc4ccc(F)cc4)o3)CC2)c1C. The lowest BCUT2D eigenvalue weighted by molar-refractivity contribution is 0.0992. The smallest absolute Gasteiger partial charge is 0.291 e. The van der Waals surface area contributed by atoms with Gasteiger partial charge in [-0.1, -0.05) is 12.1 Å². The summed E-state index contributed by atoms with van der Waals surface area (Å²) in [5.41, 5.74) is 4.50. The molecule has 0 atom stereocenters. The highest BCUT2D eigenvalue weighted by Crippen LogP contribution is 2.24. The zero-order valence-corrected chi connectivity index (χ0v) is 17.3. The van der Waals surface area contributed by atoms with Crippen LogP contribution < -0.4 is 10.2 Å². The highest BCUT2D eigenvalue weighted by atomic mass is 19.1. The molecular weight excluding hydrogens is 381 g/mol. The van der Waals surface area contributed by atoms with Gasteiger partial charge in [-0.05, 0) is 67.4 Å². The quantitative estimate of drug-likeness (QED) is 0.671. The van der Waals surface area contributed by atoms with Gasteiger partial charge in [0.15, 0.2) is 5.76 Å². The number of hydrogen-bond donors (Lipinski definition) is 1. The van der Waals surface area contributed by atoms with Gasteiger partial charge < -0.3 is 14.6 Å². The summed E-state index contributed by atoms with van der Waals surface area (Å²) in [6.45, 7) is 8.79. The van der Waals surface area contributed by atoms with Crippen LogP contribution in [-0.2, 0) is 6.54 Å². The molecule has 156 valence electrons. The number of carbonyl (C=O) groups excluding carboxylic acids is 1. The Morgan fingerprint density at radius 2 is 1.73 bits per heavy atom. The van der Waals surface area contributed by atoms with Crippen LogP contribution in [0.3, 0.4) is 0 Å². The molecule has 1 aliphatic rings. The lowest BCUT2D eigenvalue weighted by Crippen LogP contribution is -2.46. The maximum absolute atomic E-state index is 13.0. The number of furan rings is 1. The van der Waals surface area contributed by atoms with Crippen molar-refractivity contribution in [2.24, 2.45) is 0 Å². The lowest BCUT2D eigenvalue weighted by Gasteiger charge is -2.36. The van der Waals surface area contributed by atoms with Crippen LogP contribution >= 0.6 is 0 Å². The van der Waals surface area contributed by atoms with Gasteiger partial charge in [0, 0.05) is 37.6 Å². The van der Waals surface area contributed by atoms with Gasteiger partial charge in [0.25, 0.3) is 5.91 Å². The maximum Gasteiger partial charge on any atom is 0.291 e. The third-order valence-electron chi connectivity index (χ3n) is 5.66. The molecule has 1 saturated heterocycles. The van der Waals surface area contributed by atoms with Crippen molar-refractivity contribution >= 4 is 17.3 Å². The van der Waals surface area contributed by atoms with E-state index in [0.29, 0.717) is 12.2 Å². The van der Waals surface area contributed by atoms with Crippen molar-refractivity contribution in [3.05, 3.63) is 83.1 Å². The van der Waals surface area contributed by atoms with Crippen molar-refractivity contribution in [1.82, 2.24) is 4.90 Å². The van der Waals surface area contributed by atoms with Crippen LogP contribution in [0.1, 0.15) is 27.4 Å². The summed E-state index contributed by atoms with van der Waals surface area (Å²) in [6, 6.07) is 15.6. The van der Waals surface area contributed by atoms with Crippen molar-refractivity contribution in [2.75, 3.05) is 36.4 Å². The summed E-state index contributed by atoms with van der Waals surface area (Å²) in [4.78, 5) is 17.1. The van der Waals surface area contributed by atoms with Gasteiger partial charge in [-0.25, -0.2) is 4.39 Å². The number of hydrogen-bond acceptors (Lipinski definition) is 4. The van der Waals surface area contributed by atoms with Crippen molar-refractivity contribution in [3.8, 4) is 0 Å². The number of halogens is 1. The van der Waals surface area contributed by atoms with Crippen molar-refractivity contribution < 1.29 is 13.6 Å². The molecule has 30 heavy (non-hydrogen) atoms. The second-order valence-electron chi connectivity index (χ2n) is 7.71. The van der Waals surface area contributed by atoms with Gasteiger partial charge in [0.05, 0.1) is 6.54 Å². The van der Waals surface area contributed by atoms with Crippen LogP contribution in [0.15, 0.2) is 59.0 Å². The first-order valence-electron chi connectivity index (χ1n) is 10.2. The molecule has 1 fully saturated rings. The minimum Gasteiger partial charge on any atom is -0.455 e. The van der Waals surface area contributed by atoms with E-state index in [2.05, 4.69) is 47.2 Å². The van der Waals surface area contributed by atoms with Crippen molar-refractivity contribution in [3.63, 3.8) is 0 Å². The van der Waals surface area contributed by atoms with E-state index in [-0.39, 0.29) is 17.5 Å². The van der Waals surface area contributed by atoms with E-state index in [0.717, 1.165) is 31.9 Å². The molecule has 5 nitrogen and oxygen atoms in total. The minimum atomic E-state index is -0.342. The highest BCUT2D eigenvalue weighted by Gasteiger charge is 2.20. The monoisotopic (exact) mass is 407 g/mol. The number of piperazine rings is 1. The second kappa shape index (κ2) is 8.71. The molecule has 1 aliphatic heterocycles. The Balaban J connectivity index is 1.32. The van der Waals surface area contributed by atoms with Gasteiger partial charge in [-0.15, -0.1) is 0 Å². The fraction of sp³-hybridized carbons (Fsp3) is 0.292. The van der Waals surface area contributed by atoms with Crippen molar-refractivity contribution in [1.29, 1.82) is 0 Å². The van der Waals surface area contributed by atoms with E-state index in [1.807, 2.05) is 6.07 Å². The van der Waals surface area contributed by atoms with Gasteiger partial charge >= 0.3 is 0 Å². The molecule has 0 radical (unpaired) electrons. The fourth-order valence-corrected chi connectivity index (χ4v) is 3.76. The predicted octanol–water partition coefficient (Wildman–Crippen LogP) is 4.61. The zero-order chi connectivity index (χ0) is 21.1. The van der Waals surface area contributed by atoms with Gasteiger partial charge in [-0.2, -0.15) is 0 Å². The van der Waals surface area contributed by atoms with Crippen molar-refractivity contribution in [2.45, 2.75) is 20.4 Å². The van der Waals surface area contributed by atoms with E-state index < -0.39 is 0 Å². The Labute approximate surface area is 176 Å². The summed E-state index contributed by atoms with van der Waals surface area (Å²) in [5.74, 6) is 0.335. The first-order valence-corrected chi connectivity index (χ1v) is 10.2. The molecule has 6 heteroatoms. The number of nitrogens with one attached hydrogen (secondary N) is 1. The summed E-state index contributed by atoms with van der Waals surface area (Å²) in [7, 11) is 0. The van der Waals surface area contributed by atoms with Gasteiger partial charge in [0.1, 0.15) is 11.6 Å². The Kier molecular flexibility index (Phi) is 5.86. The molecule has 0 saturated carbocycles.